The zero-order chi connectivity index (χ0) is 13.6. The average Bonchev–Trinajstić information content (AvgIpc) is 2.33. The minimum Gasteiger partial charge on any atom is -0.356 e. The third-order valence-corrected chi connectivity index (χ3v) is 4.26. The highest BCUT2D eigenvalue weighted by Gasteiger charge is 2.29. The molecule has 3 nitrogen and oxygen atoms in total. The molecule has 1 fully saturated rings. The molecule has 0 saturated heterocycles. The van der Waals surface area contributed by atoms with Gasteiger partial charge in [0.15, 0.2) is 0 Å². The summed E-state index contributed by atoms with van der Waals surface area (Å²) in [5.41, 5.74) is 0.445. The third kappa shape index (κ3) is 5.38. The van der Waals surface area contributed by atoms with Gasteiger partial charge in [-0.3, -0.25) is 4.79 Å². The fourth-order valence-corrected chi connectivity index (χ4v) is 2.82. The number of nitrogens with one attached hydrogen (secondary N) is 2. The van der Waals surface area contributed by atoms with E-state index in [1.165, 1.54) is 25.7 Å². The van der Waals surface area contributed by atoms with Crippen molar-refractivity contribution in [3.63, 3.8) is 0 Å². The molecular weight excluding hydrogens is 224 g/mol. The van der Waals surface area contributed by atoms with Gasteiger partial charge in [-0.05, 0) is 50.0 Å². The van der Waals surface area contributed by atoms with Crippen molar-refractivity contribution >= 4 is 5.91 Å². The maximum atomic E-state index is 11.5. The van der Waals surface area contributed by atoms with Gasteiger partial charge in [0.05, 0.1) is 0 Å². The minimum absolute atomic E-state index is 0.183. The van der Waals surface area contributed by atoms with Gasteiger partial charge in [0.1, 0.15) is 0 Å². The lowest BCUT2D eigenvalue weighted by atomic mass is 9.70. The van der Waals surface area contributed by atoms with Crippen LogP contribution in [0.1, 0.15) is 52.9 Å². The predicted octanol–water partition coefficient (Wildman–Crippen LogP) is 2.56. The number of carbonyl (C=O) groups excluding carboxylic acids is 1. The van der Waals surface area contributed by atoms with Gasteiger partial charge in [-0.1, -0.05) is 20.8 Å². The van der Waals surface area contributed by atoms with Crippen LogP contribution in [0.5, 0.6) is 0 Å². The average molecular weight is 254 g/mol. The van der Waals surface area contributed by atoms with E-state index in [1.54, 1.807) is 0 Å². The van der Waals surface area contributed by atoms with E-state index in [1.807, 2.05) is 7.05 Å². The van der Waals surface area contributed by atoms with Crippen molar-refractivity contribution in [3.05, 3.63) is 0 Å². The molecule has 0 radical (unpaired) electrons. The van der Waals surface area contributed by atoms with Gasteiger partial charge < -0.3 is 10.6 Å². The van der Waals surface area contributed by atoms with Crippen molar-refractivity contribution in [1.82, 2.24) is 10.6 Å². The van der Waals surface area contributed by atoms with Crippen molar-refractivity contribution in [2.75, 3.05) is 20.1 Å². The van der Waals surface area contributed by atoms with Gasteiger partial charge in [-0.2, -0.15) is 0 Å². The summed E-state index contributed by atoms with van der Waals surface area (Å²) in [6.07, 6.45) is 5.78. The Bertz CT molecular complexity index is 250. The fraction of sp³-hybridized carbons (Fsp3) is 0.933. The molecule has 0 atom stereocenters. The number of carbonyl (C=O) groups is 1. The molecule has 1 aliphatic rings. The van der Waals surface area contributed by atoms with Crippen molar-refractivity contribution in [2.45, 2.75) is 52.9 Å². The summed E-state index contributed by atoms with van der Waals surface area (Å²) in [7, 11) is 1.88. The van der Waals surface area contributed by atoms with E-state index in [0.717, 1.165) is 19.0 Å². The van der Waals surface area contributed by atoms with Crippen molar-refractivity contribution in [1.29, 1.82) is 0 Å². The number of rotatable bonds is 5. The molecule has 0 heterocycles. The minimum atomic E-state index is 0.183. The van der Waals surface area contributed by atoms with E-state index in [0.29, 0.717) is 17.8 Å². The van der Waals surface area contributed by atoms with Gasteiger partial charge >= 0.3 is 0 Å². The van der Waals surface area contributed by atoms with Crippen LogP contribution in [0.25, 0.3) is 0 Å². The quantitative estimate of drug-likeness (QED) is 0.791. The SMILES string of the molecule is CNCCC(=O)NCC1CCC(C(C)(C)C)CC1. The first-order chi connectivity index (χ1) is 8.43. The van der Waals surface area contributed by atoms with Gasteiger partial charge in [0, 0.05) is 19.5 Å². The summed E-state index contributed by atoms with van der Waals surface area (Å²) in [4.78, 5) is 11.5. The van der Waals surface area contributed by atoms with Crippen LogP contribution in [0, 0.1) is 17.3 Å². The number of amides is 1. The lowest BCUT2D eigenvalue weighted by Gasteiger charge is -2.37. The van der Waals surface area contributed by atoms with E-state index in [-0.39, 0.29) is 5.91 Å². The molecule has 3 heteroatoms. The van der Waals surface area contributed by atoms with Crippen molar-refractivity contribution in [2.24, 2.45) is 17.3 Å². The molecule has 106 valence electrons. The van der Waals surface area contributed by atoms with Crippen LogP contribution < -0.4 is 10.6 Å². The molecule has 1 amide bonds. The summed E-state index contributed by atoms with van der Waals surface area (Å²) < 4.78 is 0. The molecule has 0 spiro atoms. The second-order valence-electron chi connectivity index (χ2n) is 6.74. The van der Waals surface area contributed by atoms with E-state index in [2.05, 4.69) is 31.4 Å². The Labute approximate surface area is 112 Å². The van der Waals surface area contributed by atoms with Crippen LogP contribution in [-0.4, -0.2) is 26.0 Å². The fourth-order valence-electron chi connectivity index (χ4n) is 2.82. The molecule has 2 N–H and O–H groups in total. The molecule has 0 bridgehead atoms. The highest BCUT2D eigenvalue weighted by molar-refractivity contribution is 5.76. The van der Waals surface area contributed by atoms with Crippen LogP contribution in [0.4, 0.5) is 0 Å². The Balaban J connectivity index is 2.18. The molecule has 18 heavy (non-hydrogen) atoms. The Hall–Kier alpha value is -0.570. The number of hydrogen-bond acceptors (Lipinski definition) is 2. The van der Waals surface area contributed by atoms with Crippen molar-refractivity contribution < 1.29 is 4.79 Å². The summed E-state index contributed by atoms with van der Waals surface area (Å²) in [5, 5.41) is 6.06. The second-order valence-corrected chi connectivity index (χ2v) is 6.74. The molecule has 0 unspecified atom stereocenters. The van der Waals surface area contributed by atoms with Crippen LogP contribution in [0.15, 0.2) is 0 Å². The summed E-state index contributed by atoms with van der Waals surface area (Å²) in [6.45, 7) is 8.68. The van der Waals surface area contributed by atoms with Crippen LogP contribution in [-0.2, 0) is 4.79 Å². The summed E-state index contributed by atoms with van der Waals surface area (Å²) in [5.74, 6) is 1.73. The Morgan fingerprint density at radius 2 is 1.78 bits per heavy atom. The topological polar surface area (TPSA) is 41.1 Å². The van der Waals surface area contributed by atoms with Gasteiger partial charge in [-0.15, -0.1) is 0 Å². The smallest absolute Gasteiger partial charge is 0.221 e. The molecule has 0 aromatic heterocycles. The van der Waals surface area contributed by atoms with Crippen LogP contribution in [0.2, 0.25) is 0 Å². The largest absolute Gasteiger partial charge is 0.356 e. The van der Waals surface area contributed by atoms with E-state index >= 15 is 0 Å². The van der Waals surface area contributed by atoms with Crippen LogP contribution in [0.3, 0.4) is 0 Å². The van der Waals surface area contributed by atoms with E-state index < -0.39 is 0 Å². The third-order valence-electron chi connectivity index (χ3n) is 4.26. The molecule has 0 aromatic carbocycles. The molecule has 1 rings (SSSR count). The lowest BCUT2D eigenvalue weighted by molar-refractivity contribution is -0.121. The van der Waals surface area contributed by atoms with Crippen LogP contribution >= 0.6 is 0 Å². The van der Waals surface area contributed by atoms with Gasteiger partial charge in [-0.25, -0.2) is 0 Å². The first-order valence-corrected chi connectivity index (χ1v) is 7.34. The first-order valence-electron chi connectivity index (χ1n) is 7.34. The normalized spacial score (nSPS) is 24.9. The van der Waals surface area contributed by atoms with E-state index in [4.69, 9.17) is 0 Å². The molecule has 1 aliphatic carbocycles. The highest BCUT2D eigenvalue weighted by Crippen LogP contribution is 2.39. The summed E-state index contributed by atoms with van der Waals surface area (Å²) >= 11 is 0. The van der Waals surface area contributed by atoms with Crippen molar-refractivity contribution in [3.8, 4) is 0 Å². The Morgan fingerprint density at radius 1 is 1.17 bits per heavy atom. The molecule has 0 aliphatic heterocycles. The van der Waals surface area contributed by atoms with E-state index in [9.17, 15) is 4.79 Å². The molecular formula is C15H30N2O. The second kappa shape index (κ2) is 7.13. The lowest BCUT2D eigenvalue weighted by Crippen LogP contribution is -2.34. The number of hydrogen-bond donors (Lipinski definition) is 2. The highest BCUT2D eigenvalue weighted by atomic mass is 16.1. The zero-order valence-corrected chi connectivity index (χ0v) is 12.5. The monoisotopic (exact) mass is 254 g/mol. The standard InChI is InChI=1S/C15H30N2O/c1-15(2,3)13-7-5-12(6-8-13)11-17-14(18)9-10-16-4/h12-13,16H,5-11H2,1-4H3,(H,17,18). The maximum absolute atomic E-state index is 11.5. The van der Waals surface area contributed by atoms with Gasteiger partial charge in [0.25, 0.3) is 0 Å². The maximum Gasteiger partial charge on any atom is 0.221 e. The van der Waals surface area contributed by atoms with Gasteiger partial charge in [0.2, 0.25) is 5.91 Å². The Kier molecular flexibility index (Phi) is 6.13. The first kappa shape index (κ1) is 15.5. The molecule has 0 aromatic rings. The molecule has 1 saturated carbocycles. The zero-order valence-electron chi connectivity index (χ0n) is 12.5. The summed E-state index contributed by atoms with van der Waals surface area (Å²) in [6, 6.07) is 0. The predicted molar refractivity (Wildman–Crippen MR) is 76.5 cm³/mol. The Morgan fingerprint density at radius 3 is 2.28 bits per heavy atom.